The van der Waals surface area contributed by atoms with Crippen LogP contribution in [0.3, 0.4) is 0 Å². The van der Waals surface area contributed by atoms with Crippen molar-refractivity contribution in [1.82, 2.24) is 5.32 Å². The summed E-state index contributed by atoms with van der Waals surface area (Å²) >= 11 is 5.60. The fraction of sp³-hybridized carbons (Fsp3) is 0.750. The van der Waals surface area contributed by atoms with E-state index in [1.807, 2.05) is 11.3 Å². The number of thiophene rings is 1. The summed E-state index contributed by atoms with van der Waals surface area (Å²) in [4.78, 5) is 1.55. The van der Waals surface area contributed by atoms with Crippen LogP contribution in [0, 0.1) is 11.8 Å². The summed E-state index contributed by atoms with van der Waals surface area (Å²) in [6.07, 6.45) is 9.66. The molecule has 108 valence electrons. The molecule has 0 spiro atoms. The highest BCUT2D eigenvalue weighted by Gasteiger charge is 2.24. The van der Waals surface area contributed by atoms with Gasteiger partial charge in [-0.1, -0.05) is 26.2 Å². The normalized spacial score (nSPS) is 24.3. The largest absolute Gasteiger partial charge is 0.316 e. The van der Waals surface area contributed by atoms with Crippen molar-refractivity contribution in [2.75, 3.05) is 13.1 Å². The molecule has 0 bridgehead atoms. The summed E-state index contributed by atoms with van der Waals surface area (Å²) in [5.41, 5.74) is 0. The van der Waals surface area contributed by atoms with Gasteiger partial charge in [-0.3, -0.25) is 0 Å². The second-order valence-electron chi connectivity index (χ2n) is 5.76. The van der Waals surface area contributed by atoms with Crippen LogP contribution >= 0.6 is 27.3 Å². The first-order valence-electron chi connectivity index (χ1n) is 7.73. The molecule has 1 aromatic rings. The predicted molar refractivity (Wildman–Crippen MR) is 88.9 cm³/mol. The fourth-order valence-electron chi connectivity index (χ4n) is 3.17. The van der Waals surface area contributed by atoms with Gasteiger partial charge in [-0.15, -0.1) is 11.3 Å². The third kappa shape index (κ3) is 4.87. The van der Waals surface area contributed by atoms with Gasteiger partial charge in [0.25, 0.3) is 0 Å². The zero-order valence-corrected chi connectivity index (χ0v) is 14.4. The van der Waals surface area contributed by atoms with E-state index in [2.05, 4.69) is 39.6 Å². The molecule has 3 heteroatoms. The van der Waals surface area contributed by atoms with Crippen LogP contribution in [-0.2, 0) is 6.42 Å². The zero-order valence-electron chi connectivity index (χ0n) is 12.0. The number of nitrogens with one attached hydrogen (secondary N) is 1. The van der Waals surface area contributed by atoms with E-state index in [9.17, 15) is 0 Å². The third-order valence-corrected chi connectivity index (χ3v) is 6.24. The molecule has 2 unspecified atom stereocenters. The zero-order chi connectivity index (χ0) is 13.5. The van der Waals surface area contributed by atoms with Gasteiger partial charge in [0.05, 0.1) is 0 Å². The van der Waals surface area contributed by atoms with E-state index in [0.717, 1.165) is 11.8 Å². The lowest BCUT2D eigenvalue weighted by Crippen LogP contribution is -2.29. The molecule has 1 N–H and O–H groups in total. The van der Waals surface area contributed by atoms with Gasteiger partial charge < -0.3 is 5.32 Å². The van der Waals surface area contributed by atoms with E-state index in [1.165, 1.54) is 62.5 Å². The SMILES string of the molecule is CCCNCC1CCCCCC1Cc1sccc1Br. The molecule has 1 aliphatic rings. The lowest BCUT2D eigenvalue weighted by atomic mass is 9.85. The van der Waals surface area contributed by atoms with Crippen molar-refractivity contribution < 1.29 is 0 Å². The molecule has 1 fully saturated rings. The first-order chi connectivity index (χ1) is 9.31. The Morgan fingerprint density at radius 1 is 1.26 bits per heavy atom. The summed E-state index contributed by atoms with van der Waals surface area (Å²) in [7, 11) is 0. The maximum absolute atomic E-state index is 3.69. The standard InChI is InChI=1S/C16H26BrNS/c1-2-9-18-12-14-7-5-3-4-6-13(14)11-16-15(17)8-10-19-16/h8,10,13-14,18H,2-7,9,11-12H2,1H3. The summed E-state index contributed by atoms with van der Waals surface area (Å²) < 4.78 is 1.32. The molecule has 2 rings (SSSR count). The van der Waals surface area contributed by atoms with Crippen LogP contribution in [0.25, 0.3) is 0 Å². The topological polar surface area (TPSA) is 12.0 Å². The van der Waals surface area contributed by atoms with Crippen molar-refractivity contribution >= 4 is 27.3 Å². The van der Waals surface area contributed by atoms with Crippen molar-refractivity contribution in [3.63, 3.8) is 0 Å². The summed E-state index contributed by atoms with van der Waals surface area (Å²) in [6.45, 7) is 4.65. The van der Waals surface area contributed by atoms with Crippen molar-refractivity contribution in [3.8, 4) is 0 Å². The van der Waals surface area contributed by atoms with E-state index in [0.29, 0.717) is 0 Å². The van der Waals surface area contributed by atoms with E-state index in [1.54, 1.807) is 4.88 Å². The van der Waals surface area contributed by atoms with Gasteiger partial charge in [-0.25, -0.2) is 0 Å². The Morgan fingerprint density at radius 3 is 2.74 bits per heavy atom. The Labute approximate surface area is 130 Å². The molecule has 1 nitrogen and oxygen atoms in total. The van der Waals surface area contributed by atoms with Crippen LogP contribution < -0.4 is 5.32 Å². The van der Waals surface area contributed by atoms with E-state index in [4.69, 9.17) is 0 Å². The molecule has 0 aliphatic heterocycles. The van der Waals surface area contributed by atoms with Crippen LogP contribution in [0.15, 0.2) is 15.9 Å². The average molecular weight is 344 g/mol. The second kappa shape index (κ2) is 8.43. The highest BCUT2D eigenvalue weighted by atomic mass is 79.9. The Morgan fingerprint density at radius 2 is 2.05 bits per heavy atom. The van der Waals surface area contributed by atoms with Crippen LogP contribution in [0.5, 0.6) is 0 Å². The first-order valence-corrected chi connectivity index (χ1v) is 9.41. The van der Waals surface area contributed by atoms with Gasteiger partial charge in [0, 0.05) is 9.35 Å². The minimum atomic E-state index is 0.877. The number of halogens is 1. The smallest absolute Gasteiger partial charge is 0.0314 e. The minimum Gasteiger partial charge on any atom is -0.316 e. The van der Waals surface area contributed by atoms with Gasteiger partial charge in [0.1, 0.15) is 0 Å². The molecule has 19 heavy (non-hydrogen) atoms. The summed E-state index contributed by atoms with van der Waals surface area (Å²) in [5, 5.41) is 5.86. The van der Waals surface area contributed by atoms with Gasteiger partial charge in [0.15, 0.2) is 0 Å². The second-order valence-corrected chi connectivity index (χ2v) is 7.61. The molecule has 0 aromatic carbocycles. The van der Waals surface area contributed by atoms with E-state index >= 15 is 0 Å². The van der Waals surface area contributed by atoms with Crippen LogP contribution in [0.4, 0.5) is 0 Å². The van der Waals surface area contributed by atoms with Crippen molar-refractivity contribution in [3.05, 3.63) is 20.8 Å². The van der Waals surface area contributed by atoms with Gasteiger partial charge >= 0.3 is 0 Å². The molecule has 0 saturated heterocycles. The maximum Gasteiger partial charge on any atom is 0.0314 e. The number of hydrogen-bond donors (Lipinski definition) is 1. The quantitative estimate of drug-likeness (QED) is 0.549. The fourth-order valence-corrected chi connectivity index (χ4v) is 4.78. The Hall–Kier alpha value is 0.140. The van der Waals surface area contributed by atoms with E-state index < -0.39 is 0 Å². The van der Waals surface area contributed by atoms with Crippen LogP contribution in [-0.4, -0.2) is 13.1 Å². The summed E-state index contributed by atoms with van der Waals surface area (Å²) in [6, 6.07) is 2.20. The lowest BCUT2D eigenvalue weighted by molar-refractivity contribution is 0.299. The minimum absolute atomic E-state index is 0.877. The molecule has 0 amide bonds. The molecule has 2 atom stereocenters. The Bertz CT molecular complexity index is 363. The molecule has 1 saturated carbocycles. The summed E-state index contributed by atoms with van der Waals surface area (Å²) in [5.74, 6) is 1.75. The maximum atomic E-state index is 3.69. The van der Waals surface area contributed by atoms with Crippen molar-refractivity contribution in [2.24, 2.45) is 11.8 Å². The van der Waals surface area contributed by atoms with Gasteiger partial charge in [0.2, 0.25) is 0 Å². The van der Waals surface area contributed by atoms with Gasteiger partial charge in [-0.05, 0) is 78.0 Å². The highest BCUT2D eigenvalue weighted by molar-refractivity contribution is 9.10. The Kier molecular flexibility index (Phi) is 6.89. The average Bonchev–Trinajstić information content (AvgIpc) is 2.68. The molecule has 1 aliphatic carbocycles. The van der Waals surface area contributed by atoms with E-state index in [-0.39, 0.29) is 0 Å². The lowest BCUT2D eigenvalue weighted by Gasteiger charge is -2.25. The molecule has 1 heterocycles. The Balaban J connectivity index is 1.94. The molecular weight excluding hydrogens is 318 g/mol. The molecule has 1 aromatic heterocycles. The third-order valence-electron chi connectivity index (χ3n) is 4.29. The molecule has 0 radical (unpaired) electrons. The highest BCUT2D eigenvalue weighted by Crippen LogP contribution is 2.34. The monoisotopic (exact) mass is 343 g/mol. The van der Waals surface area contributed by atoms with Crippen LogP contribution in [0.1, 0.15) is 50.3 Å². The van der Waals surface area contributed by atoms with Crippen molar-refractivity contribution in [1.29, 1.82) is 0 Å². The number of hydrogen-bond acceptors (Lipinski definition) is 2. The van der Waals surface area contributed by atoms with Crippen molar-refractivity contribution in [2.45, 2.75) is 51.9 Å². The van der Waals surface area contributed by atoms with Gasteiger partial charge in [-0.2, -0.15) is 0 Å². The first kappa shape index (κ1) is 15.5. The predicted octanol–water partition coefficient (Wildman–Crippen LogP) is 5.25. The van der Waals surface area contributed by atoms with Crippen LogP contribution in [0.2, 0.25) is 0 Å². The molecular formula is C16H26BrNS. The number of rotatable bonds is 6.